The number of hydrogen-bond acceptors (Lipinski definition) is 6. The molecular formula is C19H27N3O2S2. The van der Waals surface area contributed by atoms with Crippen molar-refractivity contribution >= 4 is 39.3 Å². The molecule has 2 heterocycles. The van der Waals surface area contributed by atoms with Gasteiger partial charge < -0.3 is 5.32 Å². The number of carbonyl (C=O) groups is 2. The van der Waals surface area contributed by atoms with Gasteiger partial charge in [0.15, 0.2) is 10.2 Å². The predicted molar refractivity (Wildman–Crippen MR) is 111 cm³/mol. The summed E-state index contributed by atoms with van der Waals surface area (Å²) in [5, 5.41) is 5.62. The third-order valence-corrected chi connectivity index (χ3v) is 5.70. The van der Waals surface area contributed by atoms with Crippen LogP contribution in [-0.2, 0) is 9.59 Å². The van der Waals surface area contributed by atoms with E-state index in [9.17, 15) is 9.59 Å². The summed E-state index contributed by atoms with van der Waals surface area (Å²) in [6.07, 6.45) is 6.14. The van der Waals surface area contributed by atoms with Gasteiger partial charge >= 0.3 is 0 Å². The normalized spacial score (nSPS) is 10.9. The zero-order valence-corrected chi connectivity index (χ0v) is 16.9. The molecule has 0 unspecified atom stereocenters. The third kappa shape index (κ3) is 7.25. The number of rotatable bonds is 10. The summed E-state index contributed by atoms with van der Waals surface area (Å²) < 4.78 is 0. The van der Waals surface area contributed by atoms with E-state index in [-0.39, 0.29) is 18.4 Å². The molecule has 0 atom stereocenters. The third-order valence-electron chi connectivity index (χ3n) is 3.69. The molecule has 0 saturated carbocycles. The van der Waals surface area contributed by atoms with E-state index in [0.717, 1.165) is 42.8 Å². The van der Waals surface area contributed by atoms with Crippen LogP contribution in [0.5, 0.6) is 0 Å². The van der Waals surface area contributed by atoms with Crippen LogP contribution >= 0.6 is 23.1 Å². The van der Waals surface area contributed by atoms with Crippen molar-refractivity contribution < 1.29 is 11.0 Å². The highest BCUT2D eigenvalue weighted by molar-refractivity contribution is 8.13. The molecule has 0 aliphatic heterocycles. The predicted octanol–water partition coefficient (Wildman–Crippen LogP) is 5.26. The number of hydrogen-bond donors (Lipinski definition) is 1. The summed E-state index contributed by atoms with van der Waals surface area (Å²) in [7, 11) is 0. The minimum atomic E-state index is -0.00344. The molecule has 0 spiro atoms. The first-order chi connectivity index (χ1) is 12.6. The highest BCUT2D eigenvalue weighted by Crippen LogP contribution is 2.23. The lowest BCUT2D eigenvalue weighted by Crippen LogP contribution is -2.10. The Morgan fingerprint density at radius 2 is 2.00 bits per heavy atom. The lowest BCUT2D eigenvalue weighted by molar-refractivity contribution is -0.116. The number of anilines is 1. The highest BCUT2D eigenvalue weighted by Gasteiger charge is 2.09. The average molecular weight is 394 g/mol. The van der Waals surface area contributed by atoms with Crippen molar-refractivity contribution in [3.8, 4) is 11.4 Å². The summed E-state index contributed by atoms with van der Waals surface area (Å²) in [5.41, 5.74) is 1.58. The van der Waals surface area contributed by atoms with Crippen molar-refractivity contribution in [2.75, 3.05) is 11.1 Å². The average Bonchev–Trinajstić information content (AvgIpc) is 3.09. The van der Waals surface area contributed by atoms with E-state index in [4.69, 9.17) is 0 Å². The van der Waals surface area contributed by atoms with Crippen LogP contribution in [-0.4, -0.2) is 26.7 Å². The summed E-state index contributed by atoms with van der Waals surface area (Å²) in [6.45, 7) is 3.85. The molecule has 0 fully saturated rings. The fourth-order valence-electron chi connectivity index (χ4n) is 2.23. The van der Waals surface area contributed by atoms with E-state index in [1.54, 1.807) is 6.20 Å². The van der Waals surface area contributed by atoms with Crippen molar-refractivity contribution in [2.45, 2.75) is 46.0 Å². The zero-order valence-electron chi connectivity index (χ0n) is 15.2. The fraction of sp³-hybridized carbons (Fsp3) is 0.474. The molecule has 1 amide bonds. The Labute approximate surface area is 164 Å². The SMILES string of the molecule is CC(C)C(=O)SCCCCCCC(=O)Nc1nc(-c2ccccn2)cs1.[HH]. The number of nitrogens with zero attached hydrogens (tertiary/aromatic N) is 2. The van der Waals surface area contributed by atoms with Gasteiger partial charge in [-0.2, -0.15) is 0 Å². The van der Waals surface area contributed by atoms with Gasteiger partial charge in [-0.05, 0) is 25.0 Å². The molecule has 1 N–H and O–H groups in total. The molecule has 2 aromatic heterocycles. The Kier molecular flexibility index (Phi) is 8.77. The molecule has 0 aliphatic carbocycles. The number of pyridine rings is 1. The number of thiazole rings is 1. The molecule has 0 bridgehead atoms. The molecule has 2 aromatic rings. The molecule has 2 rings (SSSR count). The number of carbonyl (C=O) groups excluding carboxylic acids is 2. The number of nitrogens with one attached hydrogen (secondary N) is 1. The number of aromatic nitrogens is 2. The molecule has 5 nitrogen and oxygen atoms in total. The fourth-order valence-corrected chi connectivity index (χ4v) is 3.83. The Morgan fingerprint density at radius 3 is 2.73 bits per heavy atom. The topological polar surface area (TPSA) is 72.0 Å². The summed E-state index contributed by atoms with van der Waals surface area (Å²) in [5.74, 6) is 0.975. The van der Waals surface area contributed by atoms with E-state index in [1.165, 1.54) is 23.1 Å². The maximum Gasteiger partial charge on any atom is 0.226 e. The van der Waals surface area contributed by atoms with E-state index in [2.05, 4.69) is 15.3 Å². The molecule has 7 heteroatoms. The molecular weight excluding hydrogens is 366 g/mol. The van der Waals surface area contributed by atoms with Gasteiger partial charge in [0.1, 0.15) is 5.69 Å². The Morgan fingerprint density at radius 1 is 1.19 bits per heavy atom. The first-order valence-electron chi connectivity index (χ1n) is 8.89. The van der Waals surface area contributed by atoms with Gasteiger partial charge in [0.25, 0.3) is 0 Å². The van der Waals surface area contributed by atoms with E-state index >= 15 is 0 Å². The van der Waals surface area contributed by atoms with Crippen LogP contribution < -0.4 is 5.32 Å². The molecule has 142 valence electrons. The van der Waals surface area contributed by atoms with Gasteiger partial charge in [-0.25, -0.2) is 4.98 Å². The van der Waals surface area contributed by atoms with Gasteiger partial charge in [-0.15, -0.1) is 11.3 Å². The monoisotopic (exact) mass is 393 g/mol. The number of unbranched alkanes of at least 4 members (excludes halogenated alkanes) is 3. The van der Waals surface area contributed by atoms with E-state index in [0.29, 0.717) is 11.6 Å². The van der Waals surface area contributed by atoms with E-state index < -0.39 is 0 Å². The largest absolute Gasteiger partial charge is 0.302 e. The molecule has 0 aromatic carbocycles. The van der Waals surface area contributed by atoms with Crippen LogP contribution in [0.4, 0.5) is 5.13 Å². The first-order valence-corrected chi connectivity index (χ1v) is 10.8. The van der Waals surface area contributed by atoms with Gasteiger partial charge in [-0.1, -0.05) is 44.5 Å². The number of amides is 1. The van der Waals surface area contributed by atoms with Crippen LogP contribution in [0.1, 0.15) is 47.4 Å². The standard InChI is InChI=1S/C19H25N3O2S2.H2/c1-14(2)18(24)25-12-8-4-3-5-10-17(23)22-19-21-16(13-26-19)15-9-6-7-11-20-15;/h6-7,9,11,13-14H,3-5,8,10,12H2,1-2H3,(H,21,22,23);1H. The van der Waals surface area contributed by atoms with Crippen molar-refractivity contribution in [1.82, 2.24) is 9.97 Å². The summed E-state index contributed by atoms with van der Waals surface area (Å²) >= 11 is 2.83. The van der Waals surface area contributed by atoms with Crippen molar-refractivity contribution in [3.05, 3.63) is 29.8 Å². The second kappa shape index (κ2) is 11.1. The van der Waals surface area contributed by atoms with Crippen LogP contribution in [0.15, 0.2) is 29.8 Å². The molecule has 0 radical (unpaired) electrons. The van der Waals surface area contributed by atoms with Crippen LogP contribution in [0.2, 0.25) is 0 Å². The Balaban J connectivity index is 0.00000364. The second-order valence-electron chi connectivity index (χ2n) is 6.29. The van der Waals surface area contributed by atoms with E-state index in [1.807, 2.05) is 37.4 Å². The van der Waals surface area contributed by atoms with Crippen LogP contribution in [0.25, 0.3) is 11.4 Å². The summed E-state index contributed by atoms with van der Waals surface area (Å²) in [6, 6.07) is 5.67. The smallest absolute Gasteiger partial charge is 0.226 e. The van der Waals surface area contributed by atoms with Crippen molar-refractivity contribution in [1.29, 1.82) is 0 Å². The number of thioether (sulfide) groups is 1. The highest BCUT2D eigenvalue weighted by atomic mass is 32.2. The molecule has 26 heavy (non-hydrogen) atoms. The zero-order chi connectivity index (χ0) is 18.8. The van der Waals surface area contributed by atoms with Gasteiger partial charge in [0.2, 0.25) is 5.91 Å². The first kappa shape index (κ1) is 20.6. The molecule has 0 saturated heterocycles. The Hall–Kier alpha value is -1.73. The second-order valence-corrected chi connectivity index (χ2v) is 8.24. The van der Waals surface area contributed by atoms with Crippen LogP contribution in [0.3, 0.4) is 0 Å². The van der Waals surface area contributed by atoms with Crippen LogP contribution in [0, 0.1) is 5.92 Å². The minimum absolute atomic E-state index is 0. The summed E-state index contributed by atoms with van der Waals surface area (Å²) in [4.78, 5) is 32.2. The lowest BCUT2D eigenvalue weighted by atomic mass is 10.1. The van der Waals surface area contributed by atoms with Gasteiger partial charge in [0.05, 0.1) is 5.69 Å². The maximum absolute atomic E-state index is 12.0. The minimum Gasteiger partial charge on any atom is -0.302 e. The quantitative estimate of drug-likeness (QED) is 0.558. The molecule has 0 aliphatic rings. The maximum atomic E-state index is 12.0. The van der Waals surface area contributed by atoms with Crippen molar-refractivity contribution in [2.24, 2.45) is 5.92 Å². The van der Waals surface area contributed by atoms with Gasteiger partial charge in [0, 0.05) is 31.1 Å². The van der Waals surface area contributed by atoms with Crippen molar-refractivity contribution in [3.63, 3.8) is 0 Å². The van der Waals surface area contributed by atoms with Gasteiger partial charge in [-0.3, -0.25) is 14.6 Å². The Bertz CT molecular complexity index is 708. The lowest BCUT2D eigenvalue weighted by Gasteiger charge is -2.04.